The fourth-order valence-corrected chi connectivity index (χ4v) is 4.83. The summed E-state index contributed by atoms with van der Waals surface area (Å²) < 4.78 is 15.9. The Hall–Kier alpha value is -3.13. The Morgan fingerprint density at radius 2 is 2.03 bits per heavy atom. The molecule has 0 bridgehead atoms. The highest BCUT2D eigenvalue weighted by molar-refractivity contribution is 7.16. The zero-order chi connectivity index (χ0) is 22.1. The number of allylic oxidation sites excluding steroid dienone is 1. The quantitative estimate of drug-likeness (QED) is 0.593. The summed E-state index contributed by atoms with van der Waals surface area (Å²) in [6.07, 6.45) is 0. The van der Waals surface area contributed by atoms with Gasteiger partial charge in [0.2, 0.25) is 0 Å². The first-order valence-electron chi connectivity index (χ1n) is 10.2. The number of thiophene rings is 1. The average molecular weight is 441 g/mol. The number of amides is 3. The topological polar surface area (TPSA) is 57.6 Å². The summed E-state index contributed by atoms with van der Waals surface area (Å²) in [6.45, 7) is 9.63. The molecule has 1 atom stereocenters. The van der Waals surface area contributed by atoms with E-state index in [1.165, 1.54) is 12.1 Å². The number of hydrogen-bond donors (Lipinski definition) is 1. The van der Waals surface area contributed by atoms with Gasteiger partial charge in [-0.2, -0.15) is 0 Å². The molecule has 6 nitrogen and oxygen atoms in total. The molecule has 2 aromatic heterocycles. The number of hydrogen-bond acceptors (Lipinski definition) is 3. The summed E-state index contributed by atoms with van der Waals surface area (Å²) in [7, 11) is 0. The number of aromatic nitrogens is 1. The maximum atomic E-state index is 13.9. The fourth-order valence-electron chi connectivity index (χ4n) is 3.93. The summed E-state index contributed by atoms with van der Waals surface area (Å²) in [4.78, 5) is 30.5. The van der Waals surface area contributed by atoms with Crippen molar-refractivity contribution in [2.45, 2.75) is 26.4 Å². The Labute approximate surface area is 184 Å². The smallest absolute Gasteiger partial charge is 0.322 e. The number of nitrogens with zero attached hydrogens (tertiary/aromatic N) is 3. The third kappa shape index (κ3) is 4.20. The van der Waals surface area contributed by atoms with Gasteiger partial charge in [-0.15, -0.1) is 11.3 Å². The van der Waals surface area contributed by atoms with E-state index < -0.39 is 5.82 Å². The monoisotopic (exact) mass is 440 g/mol. The first-order valence-corrected chi connectivity index (χ1v) is 11.1. The van der Waals surface area contributed by atoms with Crippen LogP contribution in [-0.2, 0) is 6.54 Å². The number of urea groups is 1. The van der Waals surface area contributed by atoms with E-state index in [4.69, 9.17) is 0 Å². The molecule has 31 heavy (non-hydrogen) atoms. The van der Waals surface area contributed by atoms with Crippen molar-refractivity contribution in [3.63, 3.8) is 0 Å². The highest BCUT2D eigenvalue weighted by atomic mass is 32.1. The molecule has 4 rings (SSSR count). The van der Waals surface area contributed by atoms with Crippen LogP contribution < -0.4 is 5.32 Å². The van der Waals surface area contributed by atoms with Gasteiger partial charge in [0, 0.05) is 37.6 Å². The van der Waals surface area contributed by atoms with Crippen molar-refractivity contribution in [1.29, 1.82) is 0 Å². The standard InChI is InChI=1S/C23H25FN4O2S/c1-15(2)13-28-20(12-17-8-11-31-22(17)28)21(29)26-9-10-27(16(3)14-26)23(30)25-19-7-5-4-6-18(19)24/h4-8,11-12,16H,1,9-10,13-14H2,2-3H3,(H,25,30). The zero-order valence-corrected chi connectivity index (χ0v) is 18.4. The number of nitrogens with one attached hydrogen (secondary N) is 1. The second kappa shape index (κ2) is 8.55. The molecule has 1 N–H and O–H groups in total. The Kier molecular flexibility index (Phi) is 5.82. The van der Waals surface area contributed by atoms with Crippen LogP contribution in [0.25, 0.3) is 10.2 Å². The van der Waals surface area contributed by atoms with Crippen LogP contribution in [0.4, 0.5) is 14.9 Å². The van der Waals surface area contributed by atoms with E-state index in [0.29, 0.717) is 31.9 Å². The first kappa shape index (κ1) is 21.1. The van der Waals surface area contributed by atoms with Crippen LogP contribution in [0.1, 0.15) is 24.3 Å². The van der Waals surface area contributed by atoms with Crippen molar-refractivity contribution in [3.05, 3.63) is 65.4 Å². The summed E-state index contributed by atoms with van der Waals surface area (Å²) in [6, 6.07) is 9.46. The van der Waals surface area contributed by atoms with Crippen LogP contribution in [0.5, 0.6) is 0 Å². The summed E-state index contributed by atoms with van der Waals surface area (Å²) >= 11 is 1.61. The number of carbonyl (C=O) groups excluding carboxylic acids is 2. The van der Waals surface area contributed by atoms with Gasteiger partial charge in [0.15, 0.2) is 0 Å². The number of rotatable bonds is 4. The SMILES string of the molecule is C=C(C)Cn1c(C(=O)N2CCN(C(=O)Nc3ccccc3F)C(C)C2)cc2ccsc21. The van der Waals surface area contributed by atoms with Gasteiger partial charge in [0.25, 0.3) is 5.91 Å². The normalized spacial score (nSPS) is 16.5. The van der Waals surface area contributed by atoms with Crippen LogP contribution in [-0.4, -0.2) is 52.0 Å². The molecule has 1 saturated heterocycles. The maximum Gasteiger partial charge on any atom is 0.322 e. The lowest BCUT2D eigenvalue weighted by molar-refractivity contribution is 0.0583. The van der Waals surface area contributed by atoms with Crippen LogP contribution >= 0.6 is 11.3 Å². The van der Waals surface area contributed by atoms with E-state index in [0.717, 1.165) is 15.8 Å². The molecule has 1 aliphatic rings. The van der Waals surface area contributed by atoms with Gasteiger partial charge in [-0.3, -0.25) is 4.79 Å². The van der Waals surface area contributed by atoms with Crippen molar-refractivity contribution in [2.75, 3.05) is 25.0 Å². The molecule has 1 fully saturated rings. The molecule has 8 heteroatoms. The van der Waals surface area contributed by atoms with Crippen LogP contribution in [0.15, 0.2) is 53.9 Å². The van der Waals surface area contributed by atoms with Gasteiger partial charge in [-0.1, -0.05) is 24.3 Å². The molecule has 1 aliphatic heterocycles. The van der Waals surface area contributed by atoms with Gasteiger partial charge < -0.3 is 19.7 Å². The van der Waals surface area contributed by atoms with E-state index in [1.54, 1.807) is 33.3 Å². The second-order valence-electron chi connectivity index (χ2n) is 7.96. The Balaban J connectivity index is 1.47. The second-order valence-corrected chi connectivity index (χ2v) is 8.85. The molecule has 0 saturated carbocycles. The maximum absolute atomic E-state index is 13.9. The predicted octanol–water partition coefficient (Wildman–Crippen LogP) is 4.80. The van der Waals surface area contributed by atoms with Gasteiger partial charge in [0.05, 0.1) is 5.69 Å². The lowest BCUT2D eigenvalue weighted by Gasteiger charge is -2.39. The molecule has 3 amide bonds. The fraction of sp³-hybridized carbons (Fsp3) is 0.304. The van der Waals surface area contributed by atoms with Crippen LogP contribution in [0.2, 0.25) is 0 Å². The molecule has 0 spiro atoms. The van der Waals surface area contributed by atoms with E-state index in [1.807, 2.05) is 35.9 Å². The van der Waals surface area contributed by atoms with E-state index >= 15 is 0 Å². The Morgan fingerprint density at radius 1 is 1.26 bits per heavy atom. The zero-order valence-electron chi connectivity index (χ0n) is 17.6. The Bertz CT molecular complexity index is 1150. The van der Waals surface area contributed by atoms with Crippen LogP contribution in [0, 0.1) is 5.82 Å². The van der Waals surface area contributed by atoms with E-state index in [2.05, 4.69) is 11.9 Å². The van der Waals surface area contributed by atoms with Crippen LogP contribution in [0.3, 0.4) is 0 Å². The molecule has 3 aromatic rings. The molecular formula is C23H25FN4O2S. The number of benzene rings is 1. The van der Waals surface area contributed by atoms with Crippen molar-refractivity contribution < 1.29 is 14.0 Å². The van der Waals surface area contributed by atoms with E-state index in [9.17, 15) is 14.0 Å². The number of fused-ring (bicyclic) bond motifs is 1. The minimum absolute atomic E-state index is 0.0503. The first-order chi connectivity index (χ1) is 14.8. The molecule has 0 aliphatic carbocycles. The predicted molar refractivity (Wildman–Crippen MR) is 122 cm³/mol. The van der Waals surface area contributed by atoms with Gasteiger partial charge in [-0.05, 0) is 43.5 Å². The summed E-state index contributed by atoms with van der Waals surface area (Å²) in [5, 5.41) is 5.69. The Morgan fingerprint density at radius 3 is 2.74 bits per heavy atom. The largest absolute Gasteiger partial charge is 0.334 e. The molecular weight excluding hydrogens is 415 g/mol. The minimum atomic E-state index is -0.476. The van der Waals surface area contributed by atoms with Crippen molar-refractivity contribution in [2.24, 2.45) is 0 Å². The third-order valence-electron chi connectivity index (χ3n) is 5.44. The number of para-hydroxylation sites is 1. The number of carbonyl (C=O) groups is 2. The van der Waals surface area contributed by atoms with Gasteiger partial charge >= 0.3 is 6.03 Å². The third-order valence-corrected chi connectivity index (χ3v) is 6.39. The highest BCUT2D eigenvalue weighted by Crippen LogP contribution is 2.27. The van der Waals surface area contributed by atoms with E-state index in [-0.39, 0.29) is 23.7 Å². The molecule has 3 heterocycles. The summed E-state index contributed by atoms with van der Waals surface area (Å²) in [5.74, 6) is -0.527. The molecule has 1 aromatic carbocycles. The molecule has 1 unspecified atom stereocenters. The number of anilines is 1. The van der Waals surface area contributed by atoms with Crippen molar-refractivity contribution in [3.8, 4) is 0 Å². The lowest BCUT2D eigenvalue weighted by atomic mass is 10.2. The molecule has 0 radical (unpaired) electrons. The average Bonchev–Trinajstić information content (AvgIpc) is 3.31. The van der Waals surface area contributed by atoms with Crippen molar-refractivity contribution in [1.82, 2.24) is 14.4 Å². The minimum Gasteiger partial charge on any atom is -0.334 e. The van der Waals surface area contributed by atoms with Crippen molar-refractivity contribution >= 4 is 39.2 Å². The number of piperazine rings is 1. The van der Waals surface area contributed by atoms with Gasteiger partial charge in [0.1, 0.15) is 16.3 Å². The van der Waals surface area contributed by atoms with Gasteiger partial charge in [-0.25, -0.2) is 9.18 Å². The number of halogens is 1. The molecule has 162 valence electrons. The summed E-state index contributed by atoms with van der Waals surface area (Å²) in [5.41, 5.74) is 1.76. The lowest BCUT2D eigenvalue weighted by Crippen LogP contribution is -2.56. The highest BCUT2D eigenvalue weighted by Gasteiger charge is 2.32.